The number of halogens is 3. The molecule has 11 heteroatoms. The minimum atomic E-state index is -4.69. The summed E-state index contributed by atoms with van der Waals surface area (Å²) in [5, 5.41) is 13.4. The van der Waals surface area contributed by atoms with Crippen LogP contribution < -0.4 is 5.32 Å². The second kappa shape index (κ2) is 7.60. The SMILES string of the molecule is CC(C)C(=O)Nc1nc(CC(=O)N2C[C@@H](C(F)(F)F)[C@H](C(=O)O)C2)cs1. The van der Waals surface area contributed by atoms with Crippen molar-refractivity contribution in [3.63, 3.8) is 0 Å². The molecule has 0 saturated carbocycles. The lowest BCUT2D eigenvalue weighted by molar-refractivity contribution is -0.188. The third-order valence-corrected chi connectivity index (χ3v) is 4.86. The average molecular weight is 393 g/mol. The van der Waals surface area contributed by atoms with E-state index >= 15 is 0 Å². The van der Waals surface area contributed by atoms with E-state index in [4.69, 9.17) is 5.11 Å². The highest BCUT2D eigenvalue weighted by Gasteiger charge is 2.53. The summed E-state index contributed by atoms with van der Waals surface area (Å²) in [5.41, 5.74) is 0.307. The van der Waals surface area contributed by atoms with Gasteiger partial charge in [-0.3, -0.25) is 14.4 Å². The number of amides is 2. The van der Waals surface area contributed by atoms with E-state index in [1.54, 1.807) is 13.8 Å². The maximum Gasteiger partial charge on any atom is 0.394 e. The number of anilines is 1. The van der Waals surface area contributed by atoms with Gasteiger partial charge < -0.3 is 15.3 Å². The van der Waals surface area contributed by atoms with Crippen molar-refractivity contribution in [1.29, 1.82) is 0 Å². The molecule has 2 N–H and O–H groups in total. The summed E-state index contributed by atoms with van der Waals surface area (Å²) in [4.78, 5) is 39.9. The zero-order chi connectivity index (χ0) is 19.6. The molecule has 2 atom stereocenters. The normalized spacial score (nSPS) is 20.5. The van der Waals surface area contributed by atoms with Crippen LogP contribution in [0.5, 0.6) is 0 Å². The van der Waals surface area contributed by atoms with Gasteiger partial charge in [0.25, 0.3) is 0 Å². The topological polar surface area (TPSA) is 99.6 Å². The molecule has 1 aliphatic rings. The first-order valence-electron chi connectivity index (χ1n) is 7.81. The van der Waals surface area contributed by atoms with Gasteiger partial charge in [-0.1, -0.05) is 13.8 Å². The van der Waals surface area contributed by atoms with Gasteiger partial charge in [0.05, 0.1) is 24.0 Å². The summed E-state index contributed by atoms with van der Waals surface area (Å²) in [5.74, 6) is -6.45. The highest BCUT2D eigenvalue weighted by Crippen LogP contribution is 2.37. The molecule has 144 valence electrons. The fourth-order valence-corrected chi connectivity index (χ4v) is 3.26. The molecular weight excluding hydrogens is 375 g/mol. The van der Waals surface area contributed by atoms with Crippen LogP contribution in [-0.4, -0.2) is 52.0 Å². The van der Waals surface area contributed by atoms with Crippen molar-refractivity contribution in [2.24, 2.45) is 17.8 Å². The standard InChI is InChI=1S/C15H18F3N3O4S/c1-7(2)12(23)20-14-19-8(6-26-14)3-11(22)21-4-9(13(24)25)10(5-21)15(16,17)18/h6-7,9-10H,3-5H2,1-2H3,(H,24,25)(H,19,20,23)/t9-,10-/m1/s1. The van der Waals surface area contributed by atoms with E-state index in [0.29, 0.717) is 10.8 Å². The Morgan fingerprint density at radius 1 is 1.38 bits per heavy atom. The summed E-state index contributed by atoms with van der Waals surface area (Å²) in [7, 11) is 0. The third kappa shape index (κ3) is 4.71. The first kappa shape index (κ1) is 20.1. The number of likely N-dealkylation sites (tertiary alicyclic amines) is 1. The number of carbonyl (C=O) groups is 3. The van der Waals surface area contributed by atoms with Crippen molar-refractivity contribution in [2.45, 2.75) is 26.4 Å². The Morgan fingerprint density at radius 2 is 2.04 bits per heavy atom. The Balaban J connectivity index is 2.01. The Morgan fingerprint density at radius 3 is 2.54 bits per heavy atom. The molecule has 2 rings (SSSR count). The van der Waals surface area contributed by atoms with E-state index in [9.17, 15) is 27.6 Å². The molecule has 2 heterocycles. The Bertz CT molecular complexity index is 705. The molecule has 0 unspecified atom stereocenters. The van der Waals surface area contributed by atoms with E-state index in [0.717, 1.165) is 16.2 Å². The number of alkyl halides is 3. The molecule has 0 aliphatic carbocycles. The number of nitrogens with zero attached hydrogens (tertiary/aromatic N) is 2. The van der Waals surface area contributed by atoms with E-state index in [1.165, 1.54) is 5.38 Å². The zero-order valence-corrected chi connectivity index (χ0v) is 14.9. The van der Waals surface area contributed by atoms with Gasteiger partial charge in [0.1, 0.15) is 0 Å². The fourth-order valence-electron chi connectivity index (χ4n) is 2.55. The van der Waals surface area contributed by atoms with Crippen molar-refractivity contribution in [3.8, 4) is 0 Å². The monoisotopic (exact) mass is 393 g/mol. The number of aromatic nitrogens is 1. The van der Waals surface area contributed by atoms with Crippen LogP contribution >= 0.6 is 11.3 Å². The third-order valence-electron chi connectivity index (χ3n) is 4.05. The van der Waals surface area contributed by atoms with Crippen molar-refractivity contribution in [2.75, 3.05) is 18.4 Å². The molecule has 7 nitrogen and oxygen atoms in total. The molecule has 1 aromatic rings. The molecule has 1 fully saturated rings. The summed E-state index contributed by atoms with van der Waals surface area (Å²) in [6.07, 6.45) is -4.95. The number of carboxylic acids is 1. The second-order valence-electron chi connectivity index (χ2n) is 6.36. The molecule has 1 aliphatic heterocycles. The molecule has 1 saturated heterocycles. The van der Waals surface area contributed by atoms with Gasteiger partial charge >= 0.3 is 12.1 Å². The number of carbonyl (C=O) groups excluding carboxylic acids is 2. The number of carboxylic acid groups (broad SMARTS) is 1. The van der Waals surface area contributed by atoms with Crippen LogP contribution in [0.15, 0.2) is 5.38 Å². The number of hydrogen-bond donors (Lipinski definition) is 2. The molecule has 1 aromatic heterocycles. The quantitative estimate of drug-likeness (QED) is 0.797. The first-order valence-corrected chi connectivity index (χ1v) is 8.69. The van der Waals surface area contributed by atoms with Gasteiger partial charge in [-0.25, -0.2) is 4.98 Å². The predicted octanol–water partition coefficient (Wildman–Crippen LogP) is 2.00. The number of nitrogens with one attached hydrogen (secondary N) is 1. The molecule has 2 amide bonds. The lowest BCUT2D eigenvalue weighted by Gasteiger charge is -2.18. The summed E-state index contributed by atoms with van der Waals surface area (Å²) in [6.45, 7) is 2.24. The van der Waals surface area contributed by atoms with Crippen molar-refractivity contribution in [3.05, 3.63) is 11.1 Å². The van der Waals surface area contributed by atoms with Gasteiger partial charge in [0.2, 0.25) is 11.8 Å². The molecule has 0 aromatic carbocycles. The molecule has 0 spiro atoms. The fraction of sp³-hybridized carbons (Fsp3) is 0.600. The summed E-state index contributed by atoms with van der Waals surface area (Å²) >= 11 is 1.10. The minimum absolute atomic E-state index is 0.242. The van der Waals surface area contributed by atoms with E-state index in [1.807, 2.05) is 0 Å². The van der Waals surface area contributed by atoms with Gasteiger partial charge in [0.15, 0.2) is 5.13 Å². The van der Waals surface area contributed by atoms with E-state index in [-0.39, 0.29) is 18.2 Å². The number of rotatable bonds is 5. The molecule has 26 heavy (non-hydrogen) atoms. The van der Waals surface area contributed by atoms with Gasteiger partial charge in [0, 0.05) is 24.4 Å². The van der Waals surface area contributed by atoms with Crippen LogP contribution in [-0.2, 0) is 20.8 Å². The smallest absolute Gasteiger partial charge is 0.394 e. The lowest BCUT2D eigenvalue weighted by Crippen LogP contribution is -2.34. The maximum absolute atomic E-state index is 13.0. The van der Waals surface area contributed by atoms with Gasteiger partial charge in [-0.2, -0.15) is 13.2 Å². The second-order valence-corrected chi connectivity index (χ2v) is 7.21. The number of aliphatic carboxylic acids is 1. The largest absolute Gasteiger partial charge is 0.481 e. The van der Waals surface area contributed by atoms with E-state index in [2.05, 4.69) is 10.3 Å². The van der Waals surface area contributed by atoms with Gasteiger partial charge in [-0.05, 0) is 0 Å². The maximum atomic E-state index is 13.0. The average Bonchev–Trinajstić information content (AvgIpc) is 3.13. The minimum Gasteiger partial charge on any atom is -0.481 e. The van der Waals surface area contributed by atoms with Crippen LogP contribution in [0.3, 0.4) is 0 Å². The van der Waals surface area contributed by atoms with Crippen LogP contribution in [0.25, 0.3) is 0 Å². The number of thiazole rings is 1. The van der Waals surface area contributed by atoms with Crippen molar-refractivity contribution < 1.29 is 32.7 Å². The van der Waals surface area contributed by atoms with Crippen LogP contribution in [0, 0.1) is 17.8 Å². The summed E-state index contributed by atoms with van der Waals surface area (Å²) in [6, 6.07) is 0. The zero-order valence-electron chi connectivity index (χ0n) is 14.0. The molecule has 0 bridgehead atoms. The van der Waals surface area contributed by atoms with E-state index < -0.39 is 43.0 Å². The highest BCUT2D eigenvalue weighted by molar-refractivity contribution is 7.13. The van der Waals surface area contributed by atoms with Crippen LogP contribution in [0.1, 0.15) is 19.5 Å². The molecule has 0 radical (unpaired) electrons. The molecular formula is C15H18F3N3O4S. The van der Waals surface area contributed by atoms with Crippen molar-refractivity contribution in [1.82, 2.24) is 9.88 Å². The van der Waals surface area contributed by atoms with Crippen LogP contribution in [0.4, 0.5) is 18.3 Å². The van der Waals surface area contributed by atoms with Gasteiger partial charge in [-0.15, -0.1) is 11.3 Å². The first-order chi connectivity index (χ1) is 12.0. The Kier molecular flexibility index (Phi) is 5.89. The van der Waals surface area contributed by atoms with Crippen LogP contribution in [0.2, 0.25) is 0 Å². The highest BCUT2D eigenvalue weighted by atomic mass is 32.1. The number of hydrogen-bond acceptors (Lipinski definition) is 5. The lowest BCUT2D eigenvalue weighted by atomic mass is 9.96. The predicted molar refractivity (Wildman–Crippen MR) is 86.5 cm³/mol. The Hall–Kier alpha value is -2.17. The Labute approximate surface area is 151 Å². The van der Waals surface area contributed by atoms with Crippen molar-refractivity contribution >= 4 is 34.3 Å². The summed E-state index contributed by atoms with van der Waals surface area (Å²) < 4.78 is 38.9.